The van der Waals surface area contributed by atoms with Crippen molar-refractivity contribution in [3.63, 3.8) is 0 Å². The zero-order chi connectivity index (χ0) is 11.7. The van der Waals surface area contributed by atoms with Gasteiger partial charge in [0, 0.05) is 23.7 Å². The zero-order valence-electron chi connectivity index (χ0n) is 8.94. The molecule has 1 aliphatic heterocycles. The average molecular weight is 285 g/mol. The minimum Gasteiger partial charge on any atom is -0.383 e. The van der Waals surface area contributed by atoms with E-state index in [1.165, 1.54) is 0 Å². The normalized spacial score (nSPS) is 19.1. The lowest BCUT2D eigenvalue weighted by atomic mass is 10.1. The van der Waals surface area contributed by atoms with Crippen LogP contribution in [0.25, 0.3) is 0 Å². The number of methoxy groups -OCH3 is 1. The SMILES string of the molecule is COCCN1C(=O)C(N)c2ccc(Br)cc21. The Bertz CT molecular complexity index is 422. The topological polar surface area (TPSA) is 55.6 Å². The number of fused-ring (bicyclic) bond motifs is 1. The summed E-state index contributed by atoms with van der Waals surface area (Å²) >= 11 is 3.39. The van der Waals surface area contributed by atoms with Crippen LogP contribution in [-0.2, 0) is 9.53 Å². The average Bonchev–Trinajstić information content (AvgIpc) is 2.50. The number of hydrogen-bond donors (Lipinski definition) is 1. The Morgan fingerprint density at radius 1 is 1.56 bits per heavy atom. The van der Waals surface area contributed by atoms with Crippen molar-refractivity contribution in [3.8, 4) is 0 Å². The van der Waals surface area contributed by atoms with Crippen LogP contribution in [0.15, 0.2) is 22.7 Å². The Hall–Kier alpha value is -0.910. The molecule has 0 bridgehead atoms. The van der Waals surface area contributed by atoms with Gasteiger partial charge in [-0.3, -0.25) is 4.79 Å². The number of carbonyl (C=O) groups excluding carboxylic acids is 1. The summed E-state index contributed by atoms with van der Waals surface area (Å²) in [7, 11) is 1.61. The molecule has 5 heteroatoms. The largest absolute Gasteiger partial charge is 0.383 e. The van der Waals surface area contributed by atoms with Gasteiger partial charge in [0.15, 0.2) is 0 Å². The van der Waals surface area contributed by atoms with Gasteiger partial charge < -0.3 is 15.4 Å². The van der Waals surface area contributed by atoms with E-state index < -0.39 is 6.04 Å². The van der Waals surface area contributed by atoms with Crippen molar-refractivity contribution in [2.45, 2.75) is 6.04 Å². The van der Waals surface area contributed by atoms with E-state index in [2.05, 4.69) is 15.9 Å². The van der Waals surface area contributed by atoms with E-state index >= 15 is 0 Å². The zero-order valence-corrected chi connectivity index (χ0v) is 10.5. The lowest BCUT2D eigenvalue weighted by Crippen LogP contribution is -2.34. The summed E-state index contributed by atoms with van der Waals surface area (Å²) in [4.78, 5) is 13.6. The molecule has 0 radical (unpaired) electrons. The van der Waals surface area contributed by atoms with Gasteiger partial charge in [-0.25, -0.2) is 0 Å². The first-order valence-electron chi connectivity index (χ1n) is 5.00. The molecule has 2 N–H and O–H groups in total. The number of amides is 1. The number of hydrogen-bond acceptors (Lipinski definition) is 3. The molecular weight excluding hydrogens is 272 g/mol. The second-order valence-corrected chi connectivity index (χ2v) is 4.58. The molecule has 16 heavy (non-hydrogen) atoms. The van der Waals surface area contributed by atoms with Gasteiger partial charge in [0.25, 0.3) is 0 Å². The first-order chi connectivity index (χ1) is 7.65. The molecule has 86 valence electrons. The van der Waals surface area contributed by atoms with Crippen molar-refractivity contribution in [3.05, 3.63) is 28.2 Å². The Balaban J connectivity index is 2.35. The Morgan fingerprint density at radius 3 is 3.00 bits per heavy atom. The van der Waals surface area contributed by atoms with E-state index in [0.29, 0.717) is 13.2 Å². The van der Waals surface area contributed by atoms with Gasteiger partial charge >= 0.3 is 0 Å². The molecule has 1 aliphatic rings. The lowest BCUT2D eigenvalue weighted by molar-refractivity contribution is -0.119. The number of anilines is 1. The number of benzene rings is 1. The van der Waals surface area contributed by atoms with Crippen LogP contribution in [0.5, 0.6) is 0 Å². The van der Waals surface area contributed by atoms with Crippen molar-refractivity contribution in [2.24, 2.45) is 5.73 Å². The summed E-state index contributed by atoms with van der Waals surface area (Å²) in [6.45, 7) is 1.04. The molecule has 1 heterocycles. The fourth-order valence-corrected chi connectivity index (χ4v) is 2.20. The van der Waals surface area contributed by atoms with E-state index in [4.69, 9.17) is 10.5 Å². The van der Waals surface area contributed by atoms with Gasteiger partial charge in [-0.2, -0.15) is 0 Å². The van der Waals surface area contributed by atoms with Gasteiger partial charge in [0.2, 0.25) is 5.91 Å². The highest BCUT2D eigenvalue weighted by molar-refractivity contribution is 9.10. The molecule has 0 saturated heterocycles. The monoisotopic (exact) mass is 284 g/mol. The number of nitrogens with zero attached hydrogens (tertiary/aromatic N) is 1. The van der Waals surface area contributed by atoms with Gasteiger partial charge in [0.05, 0.1) is 12.3 Å². The van der Waals surface area contributed by atoms with E-state index in [-0.39, 0.29) is 5.91 Å². The van der Waals surface area contributed by atoms with Crippen LogP contribution < -0.4 is 10.6 Å². The van der Waals surface area contributed by atoms with Crippen LogP contribution in [0.1, 0.15) is 11.6 Å². The molecule has 2 rings (SSSR count). The van der Waals surface area contributed by atoms with Crippen LogP contribution in [-0.4, -0.2) is 26.2 Å². The number of rotatable bonds is 3. The van der Waals surface area contributed by atoms with Crippen LogP contribution >= 0.6 is 15.9 Å². The maximum atomic E-state index is 11.9. The van der Waals surface area contributed by atoms with Crippen molar-refractivity contribution in [1.82, 2.24) is 0 Å². The fraction of sp³-hybridized carbons (Fsp3) is 0.364. The fourth-order valence-electron chi connectivity index (χ4n) is 1.85. The third-order valence-corrected chi connectivity index (χ3v) is 3.16. The van der Waals surface area contributed by atoms with Crippen molar-refractivity contribution in [2.75, 3.05) is 25.2 Å². The standard InChI is InChI=1S/C11H13BrN2O2/c1-16-5-4-14-9-6-7(12)2-3-8(9)10(13)11(14)15/h2-3,6,10H,4-5,13H2,1H3. The first kappa shape index (κ1) is 11.6. The maximum Gasteiger partial charge on any atom is 0.248 e. The van der Waals surface area contributed by atoms with Crippen molar-refractivity contribution >= 4 is 27.5 Å². The molecule has 0 aliphatic carbocycles. The van der Waals surface area contributed by atoms with E-state index in [9.17, 15) is 4.79 Å². The van der Waals surface area contributed by atoms with Crippen LogP contribution in [0.4, 0.5) is 5.69 Å². The predicted molar refractivity (Wildman–Crippen MR) is 65.3 cm³/mol. The Labute approximate surface area is 102 Å². The molecular formula is C11H13BrN2O2. The summed E-state index contributed by atoms with van der Waals surface area (Å²) < 4.78 is 5.93. The van der Waals surface area contributed by atoms with Gasteiger partial charge in [-0.1, -0.05) is 22.0 Å². The predicted octanol–water partition coefficient (Wildman–Crippen LogP) is 1.44. The third-order valence-electron chi connectivity index (χ3n) is 2.67. The van der Waals surface area contributed by atoms with E-state index in [0.717, 1.165) is 15.7 Å². The minimum atomic E-state index is -0.542. The number of halogens is 1. The number of carbonyl (C=O) groups is 1. The maximum absolute atomic E-state index is 11.9. The number of nitrogens with two attached hydrogens (primary N) is 1. The lowest BCUT2D eigenvalue weighted by Gasteiger charge is -2.16. The molecule has 1 amide bonds. The summed E-state index contributed by atoms with van der Waals surface area (Å²) in [6, 6.07) is 5.15. The Kier molecular flexibility index (Phi) is 3.28. The molecule has 0 aromatic heterocycles. The number of ether oxygens (including phenoxy) is 1. The molecule has 1 atom stereocenters. The van der Waals surface area contributed by atoms with Crippen LogP contribution in [0.2, 0.25) is 0 Å². The summed E-state index contributed by atoms with van der Waals surface area (Å²) in [5.74, 6) is -0.0647. The second kappa shape index (κ2) is 4.53. The third kappa shape index (κ3) is 1.86. The molecule has 1 aromatic rings. The van der Waals surface area contributed by atoms with Crippen LogP contribution in [0.3, 0.4) is 0 Å². The highest BCUT2D eigenvalue weighted by Crippen LogP contribution is 2.36. The molecule has 1 unspecified atom stereocenters. The molecule has 0 fully saturated rings. The van der Waals surface area contributed by atoms with Gasteiger partial charge in [0.1, 0.15) is 6.04 Å². The quantitative estimate of drug-likeness (QED) is 0.914. The minimum absolute atomic E-state index is 0.0647. The van der Waals surface area contributed by atoms with E-state index in [1.807, 2.05) is 18.2 Å². The molecule has 0 saturated carbocycles. The first-order valence-corrected chi connectivity index (χ1v) is 5.80. The summed E-state index contributed by atoms with van der Waals surface area (Å²) in [5, 5.41) is 0. The van der Waals surface area contributed by atoms with Crippen LogP contribution in [0, 0.1) is 0 Å². The van der Waals surface area contributed by atoms with Crippen molar-refractivity contribution < 1.29 is 9.53 Å². The molecule has 1 aromatic carbocycles. The highest BCUT2D eigenvalue weighted by atomic mass is 79.9. The molecule has 0 spiro atoms. The molecule has 4 nitrogen and oxygen atoms in total. The van der Waals surface area contributed by atoms with Gasteiger partial charge in [-0.15, -0.1) is 0 Å². The Morgan fingerprint density at radius 2 is 2.31 bits per heavy atom. The van der Waals surface area contributed by atoms with Crippen molar-refractivity contribution in [1.29, 1.82) is 0 Å². The highest BCUT2D eigenvalue weighted by Gasteiger charge is 2.34. The summed E-state index contributed by atoms with van der Waals surface area (Å²) in [6.07, 6.45) is 0. The van der Waals surface area contributed by atoms with E-state index in [1.54, 1.807) is 12.0 Å². The second-order valence-electron chi connectivity index (χ2n) is 3.66. The van der Waals surface area contributed by atoms with Gasteiger partial charge in [-0.05, 0) is 12.1 Å². The smallest absolute Gasteiger partial charge is 0.248 e. The summed E-state index contributed by atoms with van der Waals surface area (Å²) in [5.41, 5.74) is 7.61.